The summed E-state index contributed by atoms with van der Waals surface area (Å²) in [5, 5.41) is 20.5. The summed E-state index contributed by atoms with van der Waals surface area (Å²) >= 11 is 0. The molecule has 0 spiro atoms. The standard InChI is InChI=1S/C19H15N4O/c20-13-15-7-9-16(10-8-15)19(24)14-22-12-4-11-21-18(22)23(19)17-5-2-1-3-6-17/h1-12,24H,14H2/q+1. The van der Waals surface area contributed by atoms with Crippen molar-refractivity contribution < 1.29 is 9.67 Å². The molecule has 0 saturated heterocycles. The van der Waals surface area contributed by atoms with E-state index in [1.165, 1.54) is 0 Å². The third-order valence-corrected chi connectivity index (χ3v) is 4.25. The van der Waals surface area contributed by atoms with Crippen LogP contribution < -0.4 is 9.47 Å². The zero-order valence-electron chi connectivity index (χ0n) is 12.9. The van der Waals surface area contributed by atoms with E-state index in [4.69, 9.17) is 5.26 Å². The van der Waals surface area contributed by atoms with E-state index >= 15 is 0 Å². The van der Waals surface area contributed by atoms with Gasteiger partial charge in [-0.1, -0.05) is 35.3 Å². The summed E-state index contributed by atoms with van der Waals surface area (Å²) in [5.74, 6) is 0.676. The summed E-state index contributed by atoms with van der Waals surface area (Å²) in [6, 6.07) is 20.7. The molecule has 0 amide bonds. The zero-order chi connectivity index (χ0) is 16.6. The Morgan fingerprint density at radius 1 is 1.08 bits per heavy atom. The van der Waals surface area contributed by atoms with Crippen LogP contribution in [-0.2, 0) is 12.3 Å². The van der Waals surface area contributed by atoms with E-state index < -0.39 is 5.72 Å². The average Bonchev–Trinajstić information content (AvgIpc) is 2.95. The van der Waals surface area contributed by atoms with Gasteiger partial charge in [0.05, 0.1) is 17.8 Å². The molecule has 5 nitrogen and oxygen atoms in total. The molecule has 0 bridgehead atoms. The second-order valence-electron chi connectivity index (χ2n) is 5.72. The van der Waals surface area contributed by atoms with Gasteiger partial charge in [0.25, 0.3) is 0 Å². The van der Waals surface area contributed by atoms with E-state index in [1.54, 1.807) is 30.5 Å². The maximum absolute atomic E-state index is 11.5. The van der Waals surface area contributed by atoms with Crippen molar-refractivity contribution in [3.8, 4) is 6.07 Å². The second kappa shape index (κ2) is 5.44. The van der Waals surface area contributed by atoms with E-state index in [0.29, 0.717) is 18.1 Å². The molecule has 5 heteroatoms. The van der Waals surface area contributed by atoms with Crippen molar-refractivity contribution >= 4 is 11.6 Å². The molecule has 1 aliphatic rings. The van der Waals surface area contributed by atoms with Gasteiger partial charge in [-0.15, -0.1) is 0 Å². The van der Waals surface area contributed by atoms with Crippen LogP contribution >= 0.6 is 0 Å². The molecule has 4 rings (SSSR count). The van der Waals surface area contributed by atoms with Crippen LogP contribution in [0.25, 0.3) is 0 Å². The predicted molar refractivity (Wildman–Crippen MR) is 88.1 cm³/mol. The number of fused-ring (bicyclic) bond motifs is 1. The van der Waals surface area contributed by atoms with Gasteiger partial charge in [0.2, 0.25) is 5.72 Å². The molecule has 0 aliphatic carbocycles. The van der Waals surface area contributed by atoms with Crippen molar-refractivity contribution in [1.29, 1.82) is 5.26 Å². The number of nitriles is 1. The van der Waals surface area contributed by atoms with Crippen LogP contribution in [0, 0.1) is 11.3 Å². The van der Waals surface area contributed by atoms with Gasteiger partial charge in [-0.05, 0) is 24.3 Å². The maximum atomic E-state index is 11.5. The van der Waals surface area contributed by atoms with Crippen LogP contribution in [-0.4, -0.2) is 10.1 Å². The first-order chi connectivity index (χ1) is 11.7. The Bertz CT molecular complexity index is 918. The molecule has 0 fully saturated rings. The normalized spacial score (nSPS) is 18.9. The maximum Gasteiger partial charge on any atom is 0.401 e. The van der Waals surface area contributed by atoms with Crippen LogP contribution in [0.2, 0.25) is 0 Å². The highest BCUT2D eigenvalue weighted by atomic mass is 16.3. The van der Waals surface area contributed by atoms with Crippen LogP contribution in [0.1, 0.15) is 11.1 Å². The fourth-order valence-corrected chi connectivity index (χ4v) is 3.11. The molecule has 1 aliphatic heterocycles. The number of anilines is 2. The molecule has 1 aromatic heterocycles. The Morgan fingerprint density at radius 3 is 2.54 bits per heavy atom. The number of benzene rings is 2. The van der Waals surface area contributed by atoms with E-state index in [1.807, 2.05) is 52.1 Å². The summed E-state index contributed by atoms with van der Waals surface area (Å²) in [5.41, 5.74) is 0.872. The quantitative estimate of drug-likeness (QED) is 0.737. The Hall–Kier alpha value is -3.23. The smallest absolute Gasteiger partial charge is 0.352 e. The van der Waals surface area contributed by atoms with Crippen LogP contribution in [0.4, 0.5) is 11.6 Å². The fraction of sp³-hybridized carbons (Fsp3) is 0.105. The number of rotatable bonds is 2. The molecule has 0 radical (unpaired) electrons. The minimum Gasteiger partial charge on any atom is -0.352 e. The highest BCUT2D eigenvalue weighted by Crippen LogP contribution is 2.39. The SMILES string of the molecule is N#Cc1ccc(C2(O)C[n+]3cccnc3N2c2ccccc2)cc1. The zero-order valence-corrected chi connectivity index (χ0v) is 12.9. The molecule has 1 unspecified atom stereocenters. The van der Waals surface area contributed by atoms with Crippen LogP contribution in [0.15, 0.2) is 73.1 Å². The van der Waals surface area contributed by atoms with Gasteiger partial charge in [0, 0.05) is 11.6 Å². The van der Waals surface area contributed by atoms with Crippen molar-refractivity contribution in [1.82, 2.24) is 4.98 Å². The molecule has 2 aromatic carbocycles. The van der Waals surface area contributed by atoms with E-state index in [2.05, 4.69) is 11.1 Å². The van der Waals surface area contributed by atoms with Gasteiger partial charge in [-0.25, -0.2) is 4.57 Å². The number of aromatic nitrogens is 2. The summed E-state index contributed by atoms with van der Waals surface area (Å²) in [6.45, 7) is 0.358. The van der Waals surface area contributed by atoms with Crippen LogP contribution in [0.3, 0.4) is 0 Å². The molecular weight excluding hydrogens is 300 g/mol. The van der Waals surface area contributed by atoms with E-state index in [-0.39, 0.29) is 0 Å². The van der Waals surface area contributed by atoms with E-state index in [0.717, 1.165) is 11.3 Å². The van der Waals surface area contributed by atoms with Crippen molar-refractivity contribution in [2.45, 2.75) is 12.3 Å². The average molecular weight is 315 g/mol. The topological polar surface area (TPSA) is 64.0 Å². The van der Waals surface area contributed by atoms with E-state index in [9.17, 15) is 5.11 Å². The number of hydrogen-bond acceptors (Lipinski definition) is 4. The number of hydrogen-bond donors (Lipinski definition) is 1. The fourth-order valence-electron chi connectivity index (χ4n) is 3.11. The van der Waals surface area contributed by atoms with Crippen molar-refractivity contribution in [2.75, 3.05) is 4.90 Å². The minimum atomic E-state index is -1.27. The Kier molecular flexibility index (Phi) is 3.26. The number of aliphatic hydroxyl groups is 1. The lowest BCUT2D eigenvalue weighted by Gasteiger charge is -2.28. The Balaban J connectivity index is 1.89. The first-order valence-corrected chi connectivity index (χ1v) is 7.65. The van der Waals surface area contributed by atoms with Gasteiger partial charge in [-0.2, -0.15) is 10.2 Å². The highest BCUT2D eigenvalue weighted by Gasteiger charge is 2.52. The lowest BCUT2D eigenvalue weighted by molar-refractivity contribution is -0.685. The minimum absolute atomic E-state index is 0.358. The largest absolute Gasteiger partial charge is 0.401 e. The lowest BCUT2D eigenvalue weighted by atomic mass is 10.00. The van der Waals surface area contributed by atoms with Gasteiger partial charge >= 0.3 is 5.95 Å². The van der Waals surface area contributed by atoms with Gasteiger partial charge in [0.1, 0.15) is 18.4 Å². The van der Waals surface area contributed by atoms with Crippen molar-refractivity contribution in [3.05, 3.63) is 84.2 Å². The summed E-state index contributed by atoms with van der Waals surface area (Å²) in [7, 11) is 0. The van der Waals surface area contributed by atoms with Crippen LogP contribution in [0.5, 0.6) is 0 Å². The Morgan fingerprint density at radius 2 is 1.83 bits per heavy atom. The van der Waals surface area contributed by atoms with Gasteiger partial charge in [-0.3, -0.25) is 0 Å². The summed E-state index contributed by atoms with van der Waals surface area (Å²) < 4.78 is 1.92. The predicted octanol–water partition coefficient (Wildman–Crippen LogP) is 2.24. The first kappa shape index (κ1) is 14.4. The van der Waals surface area contributed by atoms with Crippen molar-refractivity contribution in [2.24, 2.45) is 0 Å². The molecule has 0 saturated carbocycles. The monoisotopic (exact) mass is 315 g/mol. The van der Waals surface area contributed by atoms with Gasteiger partial charge < -0.3 is 5.11 Å². The molecule has 1 atom stereocenters. The molecule has 116 valence electrons. The molecule has 3 aromatic rings. The number of para-hydroxylation sites is 1. The number of nitrogens with zero attached hydrogens (tertiary/aromatic N) is 4. The molecule has 24 heavy (non-hydrogen) atoms. The Labute approximate surface area is 139 Å². The summed E-state index contributed by atoms with van der Waals surface area (Å²) in [6.07, 6.45) is 3.62. The van der Waals surface area contributed by atoms with Crippen molar-refractivity contribution in [3.63, 3.8) is 0 Å². The molecular formula is C19H15N4O+. The third kappa shape index (κ3) is 2.13. The first-order valence-electron chi connectivity index (χ1n) is 7.65. The third-order valence-electron chi connectivity index (χ3n) is 4.25. The highest BCUT2D eigenvalue weighted by molar-refractivity contribution is 5.60. The molecule has 2 heterocycles. The summed E-state index contributed by atoms with van der Waals surface area (Å²) in [4.78, 5) is 6.28. The molecule has 1 N–H and O–H groups in total. The van der Waals surface area contributed by atoms with Gasteiger partial charge in [0.15, 0.2) is 0 Å². The second-order valence-corrected chi connectivity index (χ2v) is 5.72. The lowest BCUT2D eigenvalue weighted by Crippen LogP contribution is -2.43.